The fraction of sp³-hybridized carbons (Fsp3) is 0.200. The van der Waals surface area contributed by atoms with Gasteiger partial charge in [0.25, 0.3) is 0 Å². The van der Waals surface area contributed by atoms with Crippen molar-refractivity contribution < 1.29 is 4.79 Å². The largest absolute Gasteiger partial charge is 0.356 e. The normalized spacial score (nSPS) is 10.6. The average molecular weight is 354 g/mol. The van der Waals surface area contributed by atoms with Crippen molar-refractivity contribution in [3.63, 3.8) is 0 Å². The maximum absolute atomic E-state index is 12.0. The van der Waals surface area contributed by atoms with E-state index in [-0.39, 0.29) is 5.91 Å². The molecule has 4 nitrogen and oxygen atoms in total. The molecule has 0 fully saturated rings. The van der Waals surface area contributed by atoms with E-state index in [1.54, 1.807) is 6.20 Å². The minimum absolute atomic E-state index is 0.0491. The zero-order chi connectivity index (χ0) is 17.5. The highest BCUT2D eigenvalue weighted by atomic mass is 35.5. The Morgan fingerprint density at radius 1 is 1.04 bits per heavy atom. The highest BCUT2D eigenvalue weighted by Crippen LogP contribution is 2.16. The number of nitrogens with one attached hydrogen (secondary N) is 1. The molecule has 0 aliphatic heterocycles. The molecule has 1 amide bonds. The van der Waals surface area contributed by atoms with E-state index in [0.29, 0.717) is 24.4 Å². The summed E-state index contributed by atoms with van der Waals surface area (Å²) in [5.41, 5.74) is 3.22. The number of carbonyl (C=O) groups excluding carboxylic acids is 1. The van der Waals surface area contributed by atoms with Crippen molar-refractivity contribution in [1.82, 2.24) is 15.1 Å². The van der Waals surface area contributed by atoms with E-state index in [0.717, 1.165) is 17.7 Å². The van der Waals surface area contributed by atoms with Crippen LogP contribution in [0.25, 0.3) is 5.69 Å². The first-order chi connectivity index (χ1) is 12.2. The minimum Gasteiger partial charge on any atom is -0.356 e. The van der Waals surface area contributed by atoms with Crippen LogP contribution in [0.3, 0.4) is 0 Å². The standard InChI is InChI=1S/C20H20ClN3O/c21-19-5-2-1-4-17(19)8-11-20(25)22-14-12-16-6-9-18(10-7-16)24-15-3-13-23-24/h1-7,9-10,13,15H,8,11-12,14H2,(H,22,25). The summed E-state index contributed by atoms with van der Waals surface area (Å²) in [4.78, 5) is 12.0. The van der Waals surface area contributed by atoms with Gasteiger partial charge in [-0.3, -0.25) is 4.79 Å². The molecular formula is C20H20ClN3O. The molecule has 0 radical (unpaired) electrons. The number of nitrogens with zero attached hydrogens (tertiary/aromatic N) is 2. The SMILES string of the molecule is O=C(CCc1ccccc1Cl)NCCc1ccc(-n2cccn2)cc1. The third-order valence-corrected chi connectivity index (χ3v) is 4.39. The van der Waals surface area contributed by atoms with Crippen molar-refractivity contribution in [3.8, 4) is 5.69 Å². The third kappa shape index (κ3) is 4.94. The summed E-state index contributed by atoms with van der Waals surface area (Å²) in [6.07, 6.45) is 5.57. The molecule has 3 aromatic rings. The number of benzene rings is 2. The number of amides is 1. The molecule has 0 aliphatic carbocycles. The van der Waals surface area contributed by atoms with Gasteiger partial charge in [-0.05, 0) is 48.2 Å². The summed E-state index contributed by atoms with van der Waals surface area (Å²) in [5, 5.41) is 7.88. The van der Waals surface area contributed by atoms with Gasteiger partial charge in [0, 0.05) is 30.4 Å². The molecule has 0 spiro atoms. The molecule has 0 unspecified atom stereocenters. The molecule has 0 bridgehead atoms. The third-order valence-electron chi connectivity index (χ3n) is 4.02. The highest BCUT2D eigenvalue weighted by molar-refractivity contribution is 6.31. The van der Waals surface area contributed by atoms with E-state index >= 15 is 0 Å². The quantitative estimate of drug-likeness (QED) is 0.702. The number of aromatic nitrogens is 2. The van der Waals surface area contributed by atoms with Gasteiger partial charge in [-0.1, -0.05) is 41.9 Å². The van der Waals surface area contributed by atoms with Crippen LogP contribution in [0.2, 0.25) is 5.02 Å². The van der Waals surface area contributed by atoms with Crippen LogP contribution in [-0.2, 0) is 17.6 Å². The lowest BCUT2D eigenvalue weighted by Crippen LogP contribution is -2.25. The van der Waals surface area contributed by atoms with Crippen LogP contribution in [0.15, 0.2) is 67.0 Å². The summed E-state index contributed by atoms with van der Waals surface area (Å²) >= 11 is 6.10. The Labute approximate surface area is 152 Å². The number of halogens is 1. The first-order valence-electron chi connectivity index (χ1n) is 8.31. The van der Waals surface area contributed by atoms with Gasteiger partial charge >= 0.3 is 0 Å². The van der Waals surface area contributed by atoms with Crippen molar-refractivity contribution in [3.05, 3.63) is 83.1 Å². The highest BCUT2D eigenvalue weighted by Gasteiger charge is 2.05. The maximum Gasteiger partial charge on any atom is 0.220 e. The fourth-order valence-corrected chi connectivity index (χ4v) is 2.85. The molecular weight excluding hydrogens is 334 g/mol. The molecule has 0 saturated heterocycles. The monoisotopic (exact) mass is 353 g/mol. The second-order valence-electron chi connectivity index (χ2n) is 5.81. The van der Waals surface area contributed by atoms with Crippen LogP contribution in [0.5, 0.6) is 0 Å². The van der Waals surface area contributed by atoms with Crippen molar-refractivity contribution in [2.45, 2.75) is 19.3 Å². The Balaban J connectivity index is 1.42. The molecule has 3 rings (SSSR count). The van der Waals surface area contributed by atoms with E-state index in [4.69, 9.17) is 11.6 Å². The smallest absolute Gasteiger partial charge is 0.220 e. The number of hydrogen-bond acceptors (Lipinski definition) is 2. The number of carbonyl (C=O) groups is 1. The molecule has 2 aromatic carbocycles. The summed E-state index contributed by atoms with van der Waals surface area (Å²) in [7, 11) is 0. The lowest BCUT2D eigenvalue weighted by atomic mass is 10.1. The van der Waals surface area contributed by atoms with Crippen LogP contribution >= 0.6 is 11.6 Å². The Morgan fingerprint density at radius 2 is 1.84 bits per heavy atom. The number of aryl methyl sites for hydroxylation is 1. The molecule has 0 atom stereocenters. The van der Waals surface area contributed by atoms with Crippen LogP contribution in [0.4, 0.5) is 0 Å². The molecule has 1 heterocycles. The molecule has 1 aromatic heterocycles. The Hall–Kier alpha value is -2.59. The first kappa shape index (κ1) is 17.2. The van der Waals surface area contributed by atoms with Crippen LogP contribution < -0.4 is 5.32 Å². The van der Waals surface area contributed by atoms with E-state index in [2.05, 4.69) is 22.5 Å². The second-order valence-corrected chi connectivity index (χ2v) is 6.22. The van der Waals surface area contributed by atoms with E-state index in [9.17, 15) is 4.79 Å². The molecule has 1 N–H and O–H groups in total. The van der Waals surface area contributed by atoms with E-state index in [1.165, 1.54) is 5.56 Å². The molecule has 0 aliphatic rings. The summed E-state index contributed by atoms with van der Waals surface area (Å²) in [6, 6.07) is 17.7. The lowest BCUT2D eigenvalue weighted by molar-refractivity contribution is -0.121. The molecule has 128 valence electrons. The fourth-order valence-electron chi connectivity index (χ4n) is 2.62. The average Bonchev–Trinajstić information content (AvgIpc) is 3.16. The van der Waals surface area contributed by atoms with Crippen LogP contribution in [0.1, 0.15) is 17.5 Å². The Kier molecular flexibility index (Phi) is 5.86. The van der Waals surface area contributed by atoms with Crippen molar-refractivity contribution >= 4 is 17.5 Å². The summed E-state index contributed by atoms with van der Waals surface area (Å²) < 4.78 is 1.82. The zero-order valence-electron chi connectivity index (χ0n) is 13.9. The zero-order valence-corrected chi connectivity index (χ0v) is 14.6. The van der Waals surface area contributed by atoms with Crippen molar-refractivity contribution in [2.75, 3.05) is 6.54 Å². The second kappa shape index (κ2) is 8.49. The van der Waals surface area contributed by atoms with Gasteiger partial charge in [0.05, 0.1) is 5.69 Å². The van der Waals surface area contributed by atoms with Gasteiger partial charge in [0.2, 0.25) is 5.91 Å². The van der Waals surface area contributed by atoms with Gasteiger partial charge in [0.1, 0.15) is 0 Å². The molecule has 25 heavy (non-hydrogen) atoms. The number of rotatable bonds is 7. The van der Waals surface area contributed by atoms with Crippen molar-refractivity contribution in [2.24, 2.45) is 0 Å². The molecule has 5 heteroatoms. The van der Waals surface area contributed by atoms with Crippen LogP contribution in [0, 0.1) is 0 Å². The Bertz CT molecular complexity index is 813. The summed E-state index contributed by atoms with van der Waals surface area (Å²) in [5.74, 6) is 0.0491. The first-order valence-corrected chi connectivity index (χ1v) is 8.69. The summed E-state index contributed by atoms with van der Waals surface area (Å²) in [6.45, 7) is 0.627. The van der Waals surface area contributed by atoms with Gasteiger partial charge in [0.15, 0.2) is 0 Å². The van der Waals surface area contributed by atoms with Gasteiger partial charge < -0.3 is 5.32 Å². The van der Waals surface area contributed by atoms with Crippen molar-refractivity contribution in [1.29, 1.82) is 0 Å². The topological polar surface area (TPSA) is 46.9 Å². The van der Waals surface area contributed by atoms with E-state index in [1.807, 2.05) is 53.3 Å². The van der Waals surface area contributed by atoms with Gasteiger partial charge in [-0.25, -0.2) is 4.68 Å². The minimum atomic E-state index is 0.0491. The number of hydrogen-bond donors (Lipinski definition) is 1. The lowest BCUT2D eigenvalue weighted by Gasteiger charge is -2.07. The maximum atomic E-state index is 12.0. The molecule has 0 saturated carbocycles. The van der Waals surface area contributed by atoms with Gasteiger partial charge in [-0.15, -0.1) is 0 Å². The van der Waals surface area contributed by atoms with Gasteiger partial charge in [-0.2, -0.15) is 5.10 Å². The Morgan fingerprint density at radius 3 is 2.56 bits per heavy atom. The van der Waals surface area contributed by atoms with E-state index < -0.39 is 0 Å². The predicted molar refractivity (Wildman–Crippen MR) is 100 cm³/mol. The van der Waals surface area contributed by atoms with Crippen LogP contribution in [-0.4, -0.2) is 22.2 Å². The predicted octanol–water partition coefficient (Wildman–Crippen LogP) is 3.82.